The maximum Gasteiger partial charge on any atom is 0.261 e. The molecule has 0 aromatic heterocycles. The quantitative estimate of drug-likeness (QED) is 0.510. The van der Waals surface area contributed by atoms with E-state index in [4.69, 9.17) is 0 Å². The van der Waals surface area contributed by atoms with Crippen LogP contribution in [0.25, 0.3) is 0 Å². The summed E-state index contributed by atoms with van der Waals surface area (Å²) in [4.78, 5) is 12.6. The summed E-state index contributed by atoms with van der Waals surface area (Å²) < 4.78 is 28.5. The highest BCUT2D eigenvalue weighted by Crippen LogP contribution is 2.21. The minimum absolute atomic E-state index is 0.185. The molecule has 138 valence electrons. The van der Waals surface area contributed by atoms with Crippen LogP contribution in [0.3, 0.4) is 0 Å². The SMILES string of the molecule is Cc1cc(C(=O)Nc2ccc(I)cc2)ccc1NS(=O)(=O)c1ccccc1. The van der Waals surface area contributed by atoms with Gasteiger partial charge in [-0.2, -0.15) is 0 Å². The van der Waals surface area contributed by atoms with Crippen molar-refractivity contribution in [2.24, 2.45) is 0 Å². The summed E-state index contributed by atoms with van der Waals surface area (Å²) in [6.07, 6.45) is 0. The molecule has 3 rings (SSSR count). The van der Waals surface area contributed by atoms with E-state index in [0.717, 1.165) is 3.57 Å². The topological polar surface area (TPSA) is 75.3 Å². The summed E-state index contributed by atoms with van der Waals surface area (Å²) in [6.45, 7) is 1.75. The van der Waals surface area contributed by atoms with Crippen LogP contribution >= 0.6 is 22.6 Å². The van der Waals surface area contributed by atoms with Gasteiger partial charge in [0.2, 0.25) is 0 Å². The highest BCUT2D eigenvalue weighted by atomic mass is 127. The first-order chi connectivity index (χ1) is 12.8. The molecule has 7 heteroatoms. The third-order valence-corrected chi connectivity index (χ3v) is 5.99. The van der Waals surface area contributed by atoms with E-state index in [-0.39, 0.29) is 10.8 Å². The van der Waals surface area contributed by atoms with Crippen molar-refractivity contribution in [3.8, 4) is 0 Å². The summed E-state index contributed by atoms with van der Waals surface area (Å²) in [5, 5.41) is 2.83. The molecule has 0 heterocycles. The number of carbonyl (C=O) groups is 1. The van der Waals surface area contributed by atoms with Gasteiger partial charge in [0.15, 0.2) is 0 Å². The van der Waals surface area contributed by atoms with Crippen LogP contribution in [-0.4, -0.2) is 14.3 Å². The van der Waals surface area contributed by atoms with Crippen LogP contribution in [0.5, 0.6) is 0 Å². The van der Waals surface area contributed by atoms with Gasteiger partial charge >= 0.3 is 0 Å². The van der Waals surface area contributed by atoms with Crippen molar-refractivity contribution in [3.63, 3.8) is 0 Å². The molecule has 0 radical (unpaired) electrons. The molecule has 0 spiro atoms. The second-order valence-corrected chi connectivity index (χ2v) is 8.84. The predicted octanol–water partition coefficient (Wildman–Crippen LogP) is 4.65. The molecule has 0 aliphatic heterocycles. The van der Waals surface area contributed by atoms with E-state index in [2.05, 4.69) is 32.6 Å². The Balaban J connectivity index is 1.77. The number of sulfonamides is 1. The third-order valence-electron chi connectivity index (χ3n) is 3.89. The molecule has 0 unspecified atom stereocenters. The van der Waals surface area contributed by atoms with Crippen molar-refractivity contribution in [1.82, 2.24) is 0 Å². The largest absolute Gasteiger partial charge is 0.322 e. The lowest BCUT2D eigenvalue weighted by Gasteiger charge is -2.12. The molecule has 0 saturated heterocycles. The highest BCUT2D eigenvalue weighted by Gasteiger charge is 2.16. The number of benzene rings is 3. The van der Waals surface area contributed by atoms with E-state index < -0.39 is 10.0 Å². The average molecular weight is 492 g/mol. The second-order valence-electron chi connectivity index (χ2n) is 5.91. The second kappa shape index (κ2) is 8.10. The van der Waals surface area contributed by atoms with E-state index >= 15 is 0 Å². The van der Waals surface area contributed by atoms with Crippen molar-refractivity contribution >= 4 is 49.9 Å². The molecule has 0 aliphatic rings. The van der Waals surface area contributed by atoms with Crippen molar-refractivity contribution in [2.45, 2.75) is 11.8 Å². The van der Waals surface area contributed by atoms with Gasteiger partial charge in [-0.05, 0) is 89.7 Å². The first-order valence-corrected chi connectivity index (χ1v) is 10.7. The Hall–Kier alpha value is -2.39. The van der Waals surface area contributed by atoms with Gasteiger partial charge in [0.25, 0.3) is 15.9 Å². The molecule has 5 nitrogen and oxygen atoms in total. The van der Waals surface area contributed by atoms with Crippen LogP contribution in [0, 0.1) is 10.5 Å². The number of hydrogen-bond donors (Lipinski definition) is 2. The van der Waals surface area contributed by atoms with Crippen LogP contribution in [0.15, 0.2) is 77.7 Å². The third kappa shape index (κ3) is 4.86. The molecule has 0 bridgehead atoms. The van der Waals surface area contributed by atoms with Crippen molar-refractivity contribution in [1.29, 1.82) is 0 Å². The molecule has 3 aromatic rings. The number of nitrogens with one attached hydrogen (secondary N) is 2. The zero-order valence-corrected chi connectivity index (χ0v) is 17.4. The number of amides is 1. The lowest BCUT2D eigenvalue weighted by molar-refractivity contribution is 0.102. The Labute approximate surface area is 172 Å². The fraction of sp³-hybridized carbons (Fsp3) is 0.0500. The van der Waals surface area contributed by atoms with Gasteiger partial charge in [0.05, 0.1) is 10.6 Å². The highest BCUT2D eigenvalue weighted by molar-refractivity contribution is 14.1. The predicted molar refractivity (Wildman–Crippen MR) is 116 cm³/mol. The number of aryl methyl sites for hydroxylation is 1. The number of anilines is 2. The van der Waals surface area contributed by atoms with E-state index in [1.54, 1.807) is 43.3 Å². The maximum absolute atomic E-state index is 12.5. The molecule has 2 N–H and O–H groups in total. The Morgan fingerprint density at radius 2 is 1.59 bits per heavy atom. The summed E-state index contributed by atoms with van der Waals surface area (Å²) in [5.41, 5.74) is 2.25. The standard InChI is InChI=1S/C20H17IN2O3S/c1-14-13-15(20(24)22-17-10-8-16(21)9-11-17)7-12-19(14)23-27(25,26)18-5-3-2-4-6-18/h2-13,23H,1H3,(H,22,24). The van der Waals surface area contributed by atoms with Crippen LogP contribution in [-0.2, 0) is 10.0 Å². The minimum atomic E-state index is -3.67. The van der Waals surface area contributed by atoms with Crippen LogP contribution in [0.4, 0.5) is 11.4 Å². The monoisotopic (exact) mass is 492 g/mol. The first-order valence-electron chi connectivity index (χ1n) is 8.10. The van der Waals surface area contributed by atoms with Crippen LogP contribution in [0.1, 0.15) is 15.9 Å². The van der Waals surface area contributed by atoms with E-state index in [0.29, 0.717) is 22.5 Å². The Bertz CT molecular complexity index is 1070. The van der Waals surface area contributed by atoms with Crippen molar-refractivity contribution < 1.29 is 13.2 Å². The average Bonchev–Trinajstić information content (AvgIpc) is 2.66. The number of carbonyl (C=O) groups excluding carboxylic acids is 1. The zero-order valence-electron chi connectivity index (χ0n) is 14.4. The maximum atomic E-state index is 12.5. The van der Waals surface area contributed by atoms with Gasteiger partial charge in [-0.15, -0.1) is 0 Å². The van der Waals surface area contributed by atoms with Crippen molar-refractivity contribution in [2.75, 3.05) is 10.0 Å². The summed E-state index contributed by atoms with van der Waals surface area (Å²) in [7, 11) is -3.67. The Morgan fingerprint density at radius 1 is 0.926 bits per heavy atom. The molecule has 0 atom stereocenters. The molecular weight excluding hydrogens is 475 g/mol. The van der Waals surface area contributed by atoms with E-state index in [9.17, 15) is 13.2 Å². The minimum Gasteiger partial charge on any atom is -0.322 e. The molecule has 0 aliphatic carbocycles. The van der Waals surface area contributed by atoms with Gasteiger partial charge in [0, 0.05) is 14.8 Å². The normalized spacial score (nSPS) is 11.0. The van der Waals surface area contributed by atoms with Gasteiger partial charge in [-0.3, -0.25) is 9.52 Å². The summed E-state index contributed by atoms with van der Waals surface area (Å²) in [5.74, 6) is -0.253. The fourth-order valence-corrected chi connectivity index (χ4v) is 3.97. The smallest absolute Gasteiger partial charge is 0.261 e. The lowest BCUT2D eigenvalue weighted by atomic mass is 10.1. The lowest BCUT2D eigenvalue weighted by Crippen LogP contribution is -2.15. The fourth-order valence-electron chi connectivity index (χ4n) is 2.46. The van der Waals surface area contributed by atoms with Gasteiger partial charge in [0.1, 0.15) is 0 Å². The molecular formula is C20H17IN2O3S. The van der Waals surface area contributed by atoms with Gasteiger partial charge in [-0.1, -0.05) is 18.2 Å². The van der Waals surface area contributed by atoms with E-state index in [1.807, 2.05) is 24.3 Å². The van der Waals surface area contributed by atoms with Gasteiger partial charge in [-0.25, -0.2) is 8.42 Å². The molecule has 1 amide bonds. The molecule has 0 saturated carbocycles. The Morgan fingerprint density at radius 3 is 2.22 bits per heavy atom. The molecule has 27 heavy (non-hydrogen) atoms. The summed E-state index contributed by atoms with van der Waals surface area (Å²) in [6, 6.07) is 20.5. The number of rotatable bonds is 5. The van der Waals surface area contributed by atoms with Gasteiger partial charge < -0.3 is 5.32 Å². The number of hydrogen-bond acceptors (Lipinski definition) is 3. The molecule has 3 aromatic carbocycles. The zero-order chi connectivity index (χ0) is 19.4. The first kappa shape index (κ1) is 19.4. The molecule has 0 fully saturated rings. The number of halogens is 1. The van der Waals surface area contributed by atoms with Crippen LogP contribution < -0.4 is 10.0 Å². The van der Waals surface area contributed by atoms with Crippen LogP contribution in [0.2, 0.25) is 0 Å². The Kier molecular flexibility index (Phi) is 5.81. The summed E-state index contributed by atoms with van der Waals surface area (Å²) >= 11 is 2.20. The van der Waals surface area contributed by atoms with E-state index in [1.165, 1.54) is 12.1 Å². The van der Waals surface area contributed by atoms with Crippen molar-refractivity contribution in [3.05, 3.63) is 87.5 Å².